The van der Waals surface area contributed by atoms with E-state index in [1.807, 2.05) is 67.6 Å². The number of benzene rings is 2. The number of para-hydroxylation sites is 1. The van der Waals surface area contributed by atoms with Gasteiger partial charge in [0.15, 0.2) is 5.76 Å². The zero-order valence-electron chi connectivity index (χ0n) is 12.6. The van der Waals surface area contributed by atoms with Gasteiger partial charge in [0.05, 0.1) is 13.4 Å². The van der Waals surface area contributed by atoms with Crippen LogP contribution in [0.2, 0.25) is 0 Å². The van der Waals surface area contributed by atoms with Crippen molar-refractivity contribution in [2.24, 2.45) is 4.99 Å². The van der Waals surface area contributed by atoms with E-state index in [4.69, 9.17) is 14.1 Å². The highest BCUT2D eigenvalue weighted by Gasteiger charge is 2.13. The largest absolute Gasteiger partial charge is 0.494 e. The molecule has 0 unspecified atom stereocenters. The predicted molar refractivity (Wildman–Crippen MR) is 88.2 cm³/mol. The van der Waals surface area contributed by atoms with Crippen molar-refractivity contribution >= 4 is 11.4 Å². The van der Waals surface area contributed by atoms with Crippen LogP contribution in [-0.4, -0.2) is 12.8 Å². The van der Waals surface area contributed by atoms with Crippen molar-refractivity contribution < 1.29 is 9.15 Å². The Bertz CT molecular complexity index is 774. The number of methoxy groups -OCH3 is 1. The minimum absolute atomic E-state index is 0.733. The number of rotatable bonds is 4. The molecule has 0 N–H and O–H groups in total. The van der Waals surface area contributed by atoms with Crippen LogP contribution in [-0.2, 0) is 0 Å². The summed E-state index contributed by atoms with van der Waals surface area (Å²) >= 11 is 0. The molecule has 0 saturated heterocycles. The standard InChI is InChI=1S/C19H17NO2/c1-14-8-6-11-16(21-2)18(14)20-19(17-12-7-13-22-17)15-9-4-3-5-10-15/h3-13H,1-2H3. The molecule has 0 spiro atoms. The third-order valence-corrected chi connectivity index (χ3v) is 3.45. The molecule has 0 aliphatic heterocycles. The molecule has 0 aliphatic carbocycles. The second kappa shape index (κ2) is 6.31. The van der Waals surface area contributed by atoms with Crippen LogP contribution in [0, 0.1) is 6.92 Å². The summed E-state index contributed by atoms with van der Waals surface area (Å²) in [5, 5.41) is 0. The summed E-state index contributed by atoms with van der Waals surface area (Å²) in [4.78, 5) is 4.84. The molecule has 0 atom stereocenters. The highest BCUT2D eigenvalue weighted by atomic mass is 16.5. The topological polar surface area (TPSA) is 34.7 Å². The van der Waals surface area contributed by atoms with Crippen molar-refractivity contribution in [2.45, 2.75) is 6.92 Å². The molecule has 3 rings (SSSR count). The molecule has 22 heavy (non-hydrogen) atoms. The summed E-state index contributed by atoms with van der Waals surface area (Å²) < 4.78 is 11.0. The number of hydrogen-bond acceptors (Lipinski definition) is 3. The molecular weight excluding hydrogens is 274 g/mol. The first-order chi connectivity index (χ1) is 10.8. The van der Waals surface area contributed by atoms with Crippen molar-refractivity contribution in [3.05, 3.63) is 83.8 Å². The molecule has 0 bridgehead atoms. The smallest absolute Gasteiger partial charge is 0.152 e. The van der Waals surface area contributed by atoms with E-state index < -0.39 is 0 Å². The SMILES string of the molecule is COc1cccc(C)c1N=C(c1ccccc1)c1ccco1. The zero-order chi connectivity index (χ0) is 15.4. The first-order valence-corrected chi connectivity index (χ1v) is 7.11. The van der Waals surface area contributed by atoms with Crippen molar-refractivity contribution in [3.8, 4) is 5.75 Å². The zero-order valence-corrected chi connectivity index (χ0v) is 12.6. The lowest BCUT2D eigenvalue weighted by atomic mass is 10.1. The van der Waals surface area contributed by atoms with E-state index in [0.29, 0.717) is 0 Å². The predicted octanol–water partition coefficient (Wildman–Crippen LogP) is 4.77. The fourth-order valence-corrected chi connectivity index (χ4v) is 2.32. The maximum atomic E-state index is 5.56. The van der Waals surface area contributed by atoms with Crippen LogP contribution in [0.15, 0.2) is 76.3 Å². The first kappa shape index (κ1) is 14.1. The molecule has 1 heterocycles. The molecule has 0 aliphatic rings. The van der Waals surface area contributed by atoms with Crippen LogP contribution in [0.25, 0.3) is 0 Å². The second-order valence-corrected chi connectivity index (χ2v) is 4.93. The number of furan rings is 1. The molecule has 3 heteroatoms. The highest BCUT2D eigenvalue weighted by Crippen LogP contribution is 2.32. The van der Waals surface area contributed by atoms with Crippen molar-refractivity contribution in [3.63, 3.8) is 0 Å². The third-order valence-electron chi connectivity index (χ3n) is 3.45. The van der Waals surface area contributed by atoms with E-state index in [9.17, 15) is 0 Å². The third kappa shape index (κ3) is 2.79. The van der Waals surface area contributed by atoms with Crippen LogP contribution >= 0.6 is 0 Å². The van der Waals surface area contributed by atoms with Gasteiger partial charge in [-0.3, -0.25) is 0 Å². The average molecular weight is 291 g/mol. The molecule has 0 amide bonds. The van der Waals surface area contributed by atoms with Gasteiger partial charge < -0.3 is 9.15 Å². The van der Waals surface area contributed by atoms with E-state index in [1.165, 1.54) is 0 Å². The van der Waals surface area contributed by atoms with Gasteiger partial charge in [0.2, 0.25) is 0 Å². The molecule has 0 fully saturated rings. The fourth-order valence-electron chi connectivity index (χ4n) is 2.32. The van der Waals surface area contributed by atoms with Gasteiger partial charge in [0.1, 0.15) is 17.1 Å². The number of nitrogens with zero attached hydrogens (tertiary/aromatic N) is 1. The summed E-state index contributed by atoms with van der Waals surface area (Å²) in [7, 11) is 1.66. The van der Waals surface area contributed by atoms with Crippen LogP contribution in [0.4, 0.5) is 5.69 Å². The van der Waals surface area contributed by atoms with E-state index >= 15 is 0 Å². The molecular formula is C19H17NO2. The minimum Gasteiger partial charge on any atom is -0.494 e. The molecule has 1 aromatic heterocycles. The Morgan fingerprint density at radius 2 is 1.77 bits per heavy atom. The minimum atomic E-state index is 0.733. The molecule has 110 valence electrons. The highest BCUT2D eigenvalue weighted by molar-refractivity contribution is 6.12. The fraction of sp³-hybridized carbons (Fsp3) is 0.105. The molecule has 3 nitrogen and oxygen atoms in total. The van der Waals surface area contributed by atoms with Crippen LogP contribution in [0.5, 0.6) is 5.75 Å². The number of aliphatic imine (C=N–C) groups is 1. The number of hydrogen-bond donors (Lipinski definition) is 0. The Kier molecular flexibility index (Phi) is 4.05. The lowest BCUT2D eigenvalue weighted by molar-refractivity contribution is 0.416. The Labute approximate surface area is 129 Å². The monoisotopic (exact) mass is 291 g/mol. The van der Waals surface area contributed by atoms with Gasteiger partial charge in [0, 0.05) is 5.56 Å². The molecule has 3 aromatic rings. The molecule has 2 aromatic carbocycles. The van der Waals surface area contributed by atoms with E-state index in [0.717, 1.165) is 34.0 Å². The van der Waals surface area contributed by atoms with E-state index in [1.54, 1.807) is 13.4 Å². The van der Waals surface area contributed by atoms with Gasteiger partial charge in [-0.1, -0.05) is 42.5 Å². The van der Waals surface area contributed by atoms with Gasteiger partial charge in [-0.05, 0) is 30.7 Å². The average Bonchev–Trinajstić information content (AvgIpc) is 3.08. The maximum absolute atomic E-state index is 5.56. The Morgan fingerprint density at radius 3 is 2.45 bits per heavy atom. The van der Waals surface area contributed by atoms with Gasteiger partial charge in [-0.2, -0.15) is 0 Å². The Morgan fingerprint density at radius 1 is 0.955 bits per heavy atom. The lowest BCUT2D eigenvalue weighted by Gasteiger charge is -2.10. The Balaban J connectivity index is 2.19. The van der Waals surface area contributed by atoms with Gasteiger partial charge in [-0.25, -0.2) is 4.99 Å². The summed E-state index contributed by atoms with van der Waals surface area (Å²) in [6, 6.07) is 19.7. The molecule has 0 radical (unpaired) electrons. The lowest BCUT2D eigenvalue weighted by Crippen LogP contribution is -2.02. The van der Waals surface area contributed by atoms with Crippen LogP contribution < -0.4 is 4.74 Å². The quantitative estimate of drug-likeness (QED) is 0.649. The van der Waals surface area contributed by atoms with Crippen molar-refractivity contribution in [2.75, 3.05) is 7.11 Å². The van der Waals surface area contributed by atoms with Gasteiger partial charge in [-0.15, -0.1) is 0 Å². The van der Waals surface area contributed by atoms with Gasteiger partial charge in [0.25, 0.3) is 0 Å². The number of ether oxygens (including phenoxy) is 1. The molecule has 0 saturated carbocycles. The van der Waals surface area contributed by atoms with Crippen molar-refractivity contribution in [1.29, 1.82) is 0 Å². The number of aryl methyl sites for hydroxylation is 1. The van der Waals surface area contributed by atoms with E-state index in [2.05, 4.69) is 0 Å². The summed E-state index contributed by atoms with van der Waals surface area (Å²) in [6.45, 7) is 2.02. The summed E-state index contributed by atoms with van der Waals surface area (Å²) in [6.07, 6.45) is 1.66. The second-order valence-electron chi connectivity index (χ2n) is 4.93. The normalized spacial score (nSPS) is 11.5. The summed E-state index contributed by atoms with van der Waals surface area (Å²) in [5.41, 5.74) is 3.67. The Hall–Kier alpha value is -2.81. The van der Waals surface area contributed by atoms with Crippen molar-refractivity contribution in [1.82, 2.24) is 0 Å². The maximum Gasteiger partial charge on any atom is 0.152 e. The van der Waals surface area contributed by atoms with Crippen LogP contribution in [0.1, 0.15) is 16.9 Å². The summed E-state index contributed by atoms with van der Waals surface area (Å²) in [5.74, 6) is 1.48. The van der Waals surface area contributed by atoms with Crippen LogP contribution in [0.3, 0.4) is 0 Å². The first-order valence-electron chi connectivity index (χ1n) is 7.11. The van der Waals surface area contributed by atoms with E-state index in [-0.39, 0.29) is 0 Å². The van der Waals surface area contributed by atoms with Gasteiger partial charge >= 0.3 is 0 Å².